The zero-order chi connectivity index (χ0) is 37.4. The highest BCUT2D eigenvalue weighted by Crippen LogP contribution is 2.47. The first-order valence-electron chi connectivity index (χ1n) is 16.4. The van der Waals surface area contributed by atoms with E-state index in [9.17, 15) is 39.3 Å². The maximum Gasteiger partial charge on any atom is 0.312 e. The number of aliphatic hydroxyl groups is 2. The number of esters is 1. The van der Waals surface area contributed by atoms with Crippen molar-refractivity contribution < 1.29 is 58.2 Å². The van der Waals surface area contributed by atoms with Crippen molar-refractivity contribution in [3.8, 4) is 11.5 Å². The second-order valence-corrected chi connectivity index (χ2v) is 13.4. The van der Waals surface area contributed by atoms with Crippen molar-refractivity contribution in [3.05, 3.63) is 70.2 Å². The van der Waals surface area contributed by atoms with E-state index in [0.29, 0.717) is 0 Å². The second-order valence-electron chi connectivity index (χ2n) is 13.4. The minimum atomic E-state index is -2.03. The van der Waals surface area contributed by atoms with Gasteiger partial charge in [0, 0.05) is 61.8 Å². The quantitative estimate of drug-likeness (QED) is 0.329. The fraction of sp³-hybridized carbons (Fsp3) is 0.486. The highest BCUT2D eigenvalue weighted by Gasteiger charge is 2.51. The Balaban J connectivity index is 1.83. The molecule has 1 amide bonds. The van der Waals surface area contributed by atoms with Gasteiger partial charge in [0.2, 0.25) is 5.78 Å². The molecule has 0 saturated carbocycles. The van der Waals surface area contributed by atoms with Crippen molar-refractivity contribution in [3.63, 3.8) is 0 Å². The summed E-state index contributed by atoms with van der Waals surface area (Å²) in [7, 11) is 1.42. The molecule has 0 radical (unpaired) electrons. The Labute approximate surface area is 290 Å². The molecular formula is C37H45NO12. The number of aliphatic hydroxyl groups excluding tert-OH is 2. The molecule has 4 N–H and O–H groups in total. The van der Waals surface area contributed by atoms with Gasteiger partial charge in [0.1, 0.15) is 17.6 Å². The molecule has 50 heavy (non-hydrogen) atoms. The summed E-state index contributed by atoms with van der Waals surface area (Å²) >= 11 is 0. The van der Waals surface area contributed by atoms with Gasteiger partial charge < -0.3 is 39.6 Å². The van der Waals surface area contributed by atoms with Gasteiger partial charge in [-0.25, -0.2) is 0 Å². The average Bonchev–Trinajstić information content (AvgIpc) is 3.33. The molecule has 0 spiro atoms. The van der Waals surface area contributed by atoms with E-state index in [1.54, 1.807) is 39.8 Å². The summed E-state index contributed by atoms with van der Waals surface area (Å²) < 4.78 is 23.1. The number of allylic oxidation sites excluding steroid dienone is 4. The first-order chi connectivity index (χ1) is 23.4. The molecule has 9 atom stereocenters. The molecule has 0 saturated heterocycles. The van der Waals surface area contributed by atoms with Gasteiger partial charge in [-0.2, -0.15) is 0 Å². The van der Waals surface area contributed by atoms with Crippen LogP contribution in [0.25, 0.3) is 0 Å². The normalized spacial score (nSPS) is 33.4. The van der Waals surface area contributed by atoms with E-state index in [-0.39, 0.29) is 28.0 Å². The summed E-state index contributed by atoms with van der Waals surface area (Å²) in [5.41, 5.74) is -1.31. The summed E-state index contributed by atoms with van der Waals surface area (Å²) in [4.78, 5) is 66.2. The van der Waals surface area contributed by atoms with Crippen LogP contribution in [0.2, 0.25) is 0 Å². The summed E-state index contributed by atoms with van der Waals surface area (Å²) in [6, 6.07) is 0. The van der Waals surface area contributed by atoms with Crippen LogP contribution in [0.15, 0.2) is 47.9 Å². The number of carbonyl (C=O) groups excluding carboxylic acids is 5. The van der Waals surface area contributed by atoms with Crippen LogP contribution in [0.4, 0.5) is 0 Å². The van der Waals surface area contributed by atoms with Gasteiger partial charge in [0.25, 0.3) is 11.7 Å². The molecule has 5 bridgehead atoms. The van der Waals surface area contributed by atoms with Crippen LogP contribution in [0.5, 0.6) is 11.5 Å². The van der Waals surface area contributed by atoms with Crippen molar-refractivity contribution >= 4 is 29.2 Å². The van der Waals surface area contributed by atoms with Crippen LogP contribution in [-0.4, -0.2) is 81.9 Å². The van der Waals surface area contributed by atoms with Crippen molar-refractivity contribution in [1.29, 1.82) is 0 Å². The lowest BCUT2D eigenvalue weighted by Gasteiger charge is -2.38. The van der Waals surface area contributed by atoms with Crippen LogP contribution in [0.1, 0.15) is 85.1 Å². The average molecular weight is 696 g/mol. The third-order valence-electron chi connectivity index (χ3n) is 9.80. The fourth-order valence-electron chi connectivity index (χ4n) is 6.62. The Bertz CT molecular complexity index is 1720. The molecule has 9 unspecified atom stereocenters. The van der Waals surface area contributed by atoms with E-state index in [0.717, 1.165) is 12.3 Å². The molecule has 3 heterocycles. The third-order valence-corrected chi connectivity index (χ3v) is 9.80. The summed E-state index contributed by atoms with van der Waals surface area (Å²) in [5.74, 6) is -8.99. The predicted molar refractivity (Wildman–Crippen MR) is 179 cm³/mol. The standard InChI is InChI=1S/C37H45NO12/c1-16-11-10-12-17(2)36(46)38-23-15-24(40)26-27(32(23)44)31(43)21(6)34-28(26)35(45)37(8,50-34)48-14-13-25(47-9)18(3)33(49-22(7)39)20(5)30(42)19(4)29(16)41/h10-16,18-20,25,29-30,33,41-43H,1-9H3,(H,38,46)/b11-10+,14-13+,17-12?. The van der Waals surface area contributed by atoms with Crippen molar-refractivity contribution in [1.82, 2.24) is 5.32 Å². The molecule has 3 aliphatic heterocycles. The molecule has 1 aromatic carbocycles. The highest BCUT2D eigenvalue weighted by atomic mass is 16.7. The van der Waals surface area contributed by atoms with E-state index in [1.807, 2.05) is 0 Å². The number of ether oxygens (including phenoxy) is 4. The highest BCUT2D eigenvalue weighted by molar-refractivity contribution is 6.30. The number of nitrogens with one attached hydrogen (secondary N) is 1. The maximum absolute atomic E-state index is 13.9. The van der Waals surface area contributed by atoms with E-state index >= 15 is 0 Å². The smallest absolute Gasteiger partial charge is 0.312 e. The van der Waals surface area contributed by atoms with E-state index in [2.05, 4.69) is 5.32 Å². The lowest BCUT2D eigenvalue weighted by molar-refractivity contribution is -0.160. The van der Waals surface area contributed by atoms with Crippen molar-refractivity contribution in [2.24, 2.45) is 23.7 Å². The van der Waals surface area contributed by atoms with Crippen LogP contribution in [0, 0.1) is 30.6 Å². The Morgan fingerprint density at radius 1 is 0.940 bits per heavy atom. The van der Waals surface area contributed by atoms with Crippen LogP contribution >= 0.6 is 0 Å². The van der Waals surface area contributed by atoms with Gasteiger partial charge in [-0.3, -0.25) is 24.0 Å². The molecule has 270 valence electrons. The molecule has 1 aliphatic carbocycles. The molecule has 0 fully saturated rings. The molecule has 4 aliphatic rings. The van der Waals surface area contributed by atoms with Crippen LogP contribution < -0.4 is 10.1 Å². The Hall–Kier alpha value is -4.59. The Kier molecular flexibility index (Phi) is 11.2. The molecule has 0 aromatic heterocycles. The first kappa shape index (κ1) is 38.2. The third kappa shape index (κ3) is 7.03. The Morgan fingerprint density at radius 2 is 1.60 bits per heavy atom. The number of phenolic OH excluding ortho intramolecular Hbond substituents is 1. The van der Waals surface area contributed by atoms with Crippen molar-refractivity contribution in [2.45, 2.75) is 85.6 Å². The monoisotopic (exact) mass is 695 g/mol. The molecule has 1 aromatic rings. The van der Waals surface area contributed by atoms with Crippen LogP contribution in [0.3, 0.4) is 0 Å². The zero-order valence-electron chi connectivity index (χ0n) is 29.6. The molecule has 13 nitrogen and oxygen atoms in total. The lowest BCUT2D eigenvalue weighted by atomic mass is 9.78. The van der Waals surface area contributed by atoms with E-state index in [1.165, 1.54) is 47.0 Å². The maximum atomic E-state index is 13.9. The topological polar surface area (TPSA) is 195 Å². The van der Waals surface area contributed by atoms with Gasteiger partial charge in [-0.05, 0) is 19.9 Å². The number of fused-ring (bicyclic) bond motifs is 14. The van der Waals surface area contributed by atoms with Gasteiger partial charge in [-0.1, -0.05) is 45.9 Å². The summed E-state index contributed by atoms with van der Waals surface area (Å²) in [5, 5.41) is 36.1. The number of Topliss-reactive ketones (excluding diaryl/α,β-unsaturated/α-hetero) is 2. The minimum absolute atomic E-state index is 0.00885. The van der Waals surface area contributed by atoms with E-state index in [4.69, 9.17) is 18.9 Å². The van der Waals surface area contributed by atoms with Crippen LogP contribution in [-0.2, 0) is 23.8 Å². The van der Waals surface area contributed by atoms with E-state index < -0.39 is 100 Å². The van der Waals surface area contributed by atoms with Crippen molar-refractivity contribution in [2.75, 3.05) is 7.11 Å². The van der Waals surface area contributed by atoms with Gasteiger partial charge in [-0.15, -0.1) is 0 Å². The number of aromatic hydroxyl groups is 1. The molecule has 13 heteroatoms. The number of amides is 1. The zero-order valence-corrected chi connectivity index (χ0v) is 29.6. The number of carbonyl (C=O) groups is 5. The summed E-state index contributed by atoms with van der Waals surface area (Å²) in [6.45, 7) is 12.3. The number of hydrogen-bond acceptors (Lipinski definition) is 12. The number of methoxy groups -OCH3 is 1. The fourth-order valence-corrected chi connectivity index (χ4v) is 6.62. The first-order valence-corrected chi connectivity index (χ1v) is 16.4. The SMILES string of the molecule is COC1/C=C/OC2(C)Oc3c(C)c(O)c4c(c3C2=O)C(=O)C=C(NC(=O)C(C)=C/C=C/C(C)C(O)C(C)C(O)C(C)C(OC(C)=O)C1C)C4=O. The number of benzene rings is 1. The largest absolute Gasteiger partial charge is 0.507 e. The number of ketones is 3. The Morgan fingerprint density at radius 3 is 2.22 bits per heavy atom. The van der Waals surface area contributed by atoms with Gasteiger partial charge in [0.15, 0.2) is 5.78 Å². The minimum Gasteiger partial charge on any atom is -0.507 e. The number of rotatable bonds is 2. The van der Waals surface area contributed by atoms with Gasteiger partial charge >= 0.3 is 11.8 Å². The predicted octanol–water partition coefficient (Wildman–Crippen LogP) is 3.63. The number of hydrogen-bond donors (Lipinski definition) is 4. The molecule has 5 rings (SSSR count). The van der Waals surface area contributed by atoms with Gasteiger partial charge in [0.05, 0.1) is 47.0 Å². The summed E-state index contributed by atoms with van der Waals surface area (Å²) in [6.07, 6.45) is 4.31. The second kappa shape index (κ2) is 14.7. The molecular weight excluding hydrogens is 650 g/mol. The lowest BCUT2D eigenvalue weighted by Crippen LogP contribution is -2.46. The number of phenols is 1.